The number of pyridine rings is 1. The summed E-state index contributed by atoms with van der Waals surface area (Å²) in [6.07, 6.45) is 1.12. The first-order chi connectivity index (χ1) is 12.2. The largest absolute Gasteiger partial charge is 0.485 e. The summed E-state index contributed by atoms with van der Waals surface area (Å²) >= 11 is 0. The molecule has 0 saturated heterocycles. The number of ether oxygens (including phenoxy) is 2. The first kappa shape index (κ1) is 17.1. The minimum atomic E-state index is -0.650. The molecule has 132 valence electrons. The number of fused-ring (bicyclic) bond motifs is 1. The van der Waals surface area contributed by atoms with Gasteiger partial charge in [0.15, 0.2) is 11.5 Å². The predicted octanol–water partition coefficient (Wildman–Crippen LogP) is 2.38. The highest BCUT2D eigenvalue weighted by Crippen LogP contribution is 2.30. The maximum absolute atomic E-state index is 12.5. The van der Waals surface area contributed by atoms with E-state index in [9.17, 15) is 4.79 Å². The molecule has 1 aromatic heterocycles. The fourth-order valence-corrected chi connectivity index (χ4v) is 2.82. The van der Waals surface area contributed by atoms with Crippen LogP contribution in [-0.4, -0.2) is 36.7 Å². The van der Waals surface area contributed by atoms with Crippen LogP contribution >= 0.6 is 0 Å². The molecule has 2 aromatic rings. The summed E-state index contributed by atoms with van der Waals surface area (Å²) < 4.78 is 11.3. The molecule has 0 bridgehead atoms. The maximum atomic E-state index is 12.5. The molecule has 0 spiro atoms. The fourth-order valence-electron chi connectivity index (χ4n) is 2.82. The number of para-hydroxylation sites is 2. The maximum Gasteiger partial charge on any atom is 0.264 e. The van der Waals surface area contributed by atoms with Crippen molar-refractivity contribution >= 4 is 11.7 Å². The van der Waals surface area contributed by atoms with Crippen LogP contribution in [0, 0.1) is 0 Å². The van der Waals surface area contributed by atoms with Crippen LogP contribution < -0.4 is 19.7 Å². The molecular formula is C19H23N3O3. The summed E-state index contributed by atoms with van der Waals surface area (Å²) in [6.45, 7) is 6.52. The quantitative estimate of drug-likeness (QED) is 0.874. The molecule has 0 radical (unpaired) electrons. The Morgan fingerprint density at radius 2 is 1.96 bits per heavy atom. The summed E-state index contributed by atoms with van der Waals surface area (Å²) in [6, 6.07) is 11.2. The van der Waals surface area contributed by atoms with E-state index in [1.165, 1.54) is 0 Å². The summed E-state index contributed by atoms with van der Waals surface area (Å²) in [5.74, 6) is 1.98. The van der Waals surface area contributed by atoms with Gasteiger partial charge in [0.1, 0.15) is 12.4 Å². The Kier molecular flexibility index (Phi) is 5.38. The fraction of sp³-hybridized carbons (Fsp3) is 0.368. The Bertz CT molecular complexity index is 731. The van der Waals surface area contributed by atoms with Crippen LogP contribution in [0.1, 0.15) is 19.4 Å². The van der Waals surface area contributed by atoms with Crippen molar-refractivity contribution < 1.29 is 14.3 Å². The number of anilines is 1. The lowest BCUT2D eigenvalue weighted by atomic mass is 10.2. The lowest BCUT2D eigenvalue weighted by Crippen LogP contribution is -2.43. The third-order valence-electron chi connectivity index (χ3n) is 4.18. The topological polar surface area (TPSA) is 63.7 Å². The van der Waals surface area contributed by atoms with Crippen molar-refractivity contribution in [1.82, 2.24) is 10.3 Å². The van der Waals surface area contributed by atoms with Crippen molar-refractivity contribution in [3.05, 3.63) is 48.2 Å². The molecule has 1 aromatic carbocycles. The van der Waals surface area contributed by atoms with Crippen LogP contribution in [0.3, 0.4) is 0 Å². The van der Waals surface area contributed by atoms with Crippen LogP contribution in [0.4, 0.5) is 5.82 Å². The molecule has 0 saturated carbocycles. The minimum Gasteiger partial charge on any atom is -0.485 e. The van der Waals surface area contributed by atoms with Gasteiger partial charge >= 0.3 is 0 Å². The number of carbonyl (C=O) groups excluding carboxylic acids is 1. The van der Waals surface area contributed by atoms with E-state index >= 15 is 0 Å². The molecule has 1 aliphatic heterocycles. The zero-order chi connectivity index (χ0) is 17.6. The van der Waals surface area contributed by atoms with Crippen molar-refractivity contribution in [3.63, 3.8) is 0 Å². The Morgan fingerprint density at radius 1 is 1.20 bits per heavy atom. The zero-order valence-corrected chi connectivity index (χ0v) is 14.6. The van der Waals surface area contributed by atoms with Gasteiger partial charge in [-0.2, -0.15) is 0 Å². The highest BCUT2D eigenvalue weighted by atomic mass is 16.6. The normalized spacial score (nSPS) is 15.5. The van der Waals surface area contributed by atoms with Gasteiger partial charge in [-0.05, 0) is 32.0 Å². The zero-order valence-electron chi connectivity index (χ0n) is 14.6. The first-order valence-corrected chi connectivity index (χ1v) is 8.58. The molecule has 1 aliphatic rings. The molecular weight excluding hydrogens is 318 g/mol. The Balaban J connectivity index is 1.64. The Hall–Kier alpha value is -2.76. The van der Waals surface area contributed by atoms with Gasteiger partial charge in [-0.3, -0.25) is 4.79 Å². The summed E-state index contributed by atoms with van der Waals surface area (Å²) in [7, 11) is 0. The summed E-state index contributed by atoms with van der Waals surface area (Å²) in [5, 5.41) is 2.93. The Morgan fingerprint density at radius 3 is 2.72 bits per heavy atom. The van der Waals surface area contributed by atoms with E-state index in [4.69, 9.17) is 9.47 Å². The van der Waals surface area contributed by atoms with Gasteiger partial charge in [-0.1, -0.05) is 18.2 Å². The third-order valence-corrected chi connectivity index (χ3v) is 4.18. The molecule has 0 aliphatic carbocycles. The van der Waals surface area contributed by atoms with E-state index in [0.717, 1.165) is 24.5 Å². The van der Waals surface area contributed by atoms with Gasteiger partial charge in [0.05, 0.1) is 0 Å². The second-order valence-corrected chi connectivity index (χ2v) is 5.74. The number of nitrogens with one attached hydrogen (secondary N) is 1. The molecule has 6 heteroatoms. The number of rotatable bonds is 6. The van der Waals surface area contributed by atoms with Gasteiger partial charge in [0.25, 0.3) is 5.91 Å². The number of hydrogen-bond acceptors (Lipinski definition) is 5. The van der Waals surface area contributed by atoms with E-state index in [2.05, 4.69) is 29.0 Å². The third kappa shape index (κ3) is 3.84. The van der Waals surface area contributed by atoms with Crippen LogP contribution in [0.5, 0.6) is 11.5 Å². The van der Waals surface area contributed by atoms with Crippen LogP contribution in [0.2, 0.25) is 0 Å². The van der Waals surface area contributed by atoms with Crippen LogP contribution in [0.15, 0.2) is 42.6 Å². The first-order valence-electron chi connectivity index (χ1n) is 8.58. The summed E-state index contributed by atoms with van der Waals surface area (Å²) in [4.78, 5) is 19.1. The highest BCUT2D eigenvalue weighted by molar-refractivity contribution is 5.81. The van der Waals surface area contributed by atoms with Crippen LogP contribution in [0.25, 0.3) is 0 Å². The smallest absolute Gasteiger partial charge is 0.264 e. The standard InChI is InChI=1S/C19H23N3O3/c1-3-22(4-2)18-14(8-7-11-20-18)12-21-19(23)17-13-24-15-9-5-6-10-16(15)25-17/h5-11,17H,3-4,12-13H2,1-2H3,(H,21,23). The molecule has 6 nitrogen and oxygen atoms in total. The SMILES string of the molecule is CCN(CC)c1ncccc1CNC(=O)C1COc2ccccc2O1. The Labute approximate surface area is 147 Å². The van der Waals surface area contributed by atoms with Crippen molar-refractivity contribution in [2.75, 3.05) is 24.6 Å². The average Bonchev–Trinajstić information content (AvgIpc) is 2.67. The molecule has 3 rings (SSSR count). The van der Waals surface area contributed by atoms with E-state index in [1.54, 1.807) is 12.3 Å². The molecule has 1 amide bonds. The molecule has 1 N–H and O–H groups in total. The van der Waals surface area contributed by atoms with Gasteiger partial charge in [0.2, 0.25) is 6.10 Å². The summed E-state index contributed by atoms with van der Waals surface area (Å²) in [5.41, 5.74) is 0.983. The van der Waals surface area contributed by atoms with E-state index in [1.807, 2.05) is 30.3 Å². The van der Waals surface area contributed by atoms with Gasteiger partial charge in [-0.15, -0.1) is 0 Å². The van der Waals surface area contributed by atoms with Crippen LogP contribution in [-0.2, 0) is 11.3 Å². The number of hydrogen-bond donors (Lipinski definition) is 1. The van der Waals surface area contributed by atoms with E-state index in [0.29, 0.717) is 18.0 Å². The van der Waals surface area contributed by atoms with Crippen molar-refractivity contribution in [1.29, 1.82) is 0 Å². The van der Waals surface area contributed by atoms with Gasteiger partial charge < -0.3 is 19.7 Å². The molecule has 0 fully saturated rings. The number of amides is 1. The lowest BCUT2D eigenvalue weighted by Gasteiger charge is -2.26. The second kappa shape index (κ2) is 7.88. The molecule has 1 atom stereocenters. The van der Waals surface area contributed by atoms with Crippen molar-refractivity contribution in [3.8, 4) is 11.5 Å². The second-order valence-electron chi connectivity index (χ2n) is 5.74. The monoisotopic (exact) mass is 341 g/mol. The van der Waals surface area contributed by atoms with E-state index < -0.39 is 6.10 Å². The van der Waals surface area contributed by atoms with Gasteiger partial charge in [-0.25, -0.2) is 4.98 Å². The average molecular weight is 341 g/mol. The molecule has 25 heavy (non-hydrogen) atoms. The molecule has 2 heterocycles. The number of aromatic nitrogens is 1. The van der Waals surface area contributed by atoms with Gasteiger partial charge in [0, 0.05) is 31.4 Å². The number of nitrogens with zero attached hydrogens (tertiary/aromatic N) is 2. The molecule has 1 unspecified atom stereocenters. The van der Waals surface area contributed by atoms with Crippen molar-refractivity contribution in [2.24, 2.45) is 0 Å². The minimum absolute atomic E-state index is 0.191. The number of benzene rings is 1. The van der Waals surface area contributed by atoms with Crippen molar-refractivity contribution in [2.45, 2.75) is 26.5 Å². The highest BCUT2D eigenvalue weighted by Gasteiger charge is 2.27. The van der Waals surface area contributed by atoms with E-state index in [-0.39, 0.29) is 12.5 Å². The number of carbonyl (C=O) groups is 1. The predicted molar refractivity (Wildman–Crippen MR) is 96.0 cm³/mol. The lowest BCUT2D eigenvalue weighted by molar-refractivity contribution is -0.130.